The maximum atomic E-state index is 12.0. The van der Waals surface area contributed by atoms with Gasteiger partial charge in [-0.3, -0.25) is 4.79 Å². The van der Waals surface area contributed by atoms with Crippen molar-refractivity contribution < 1.29 is 4.79 Å². The molecule has 0 heterocycles. The van der Waals surface area contributed by atoms with Crippen LogP contribution in [0.25, 0.3) is 0 Å². The van der Waals surface area contributed by atoms with Crippen molar-refractivity contribution in [3.05, 3.63) is 11.1 Å². The fourth-order valence-corrected chi connectivity index (χ4v) is 3.56. The van der Waals surface area contributed by atoms with Crippen molar-refractivity contribution in [2.45, 2.75) is 59.8 Å². The van der Waals surface area contributed by atoms with Crippen molar-refractivity contribution in [2.75, 3.05) is 0 Å². The minimum absolute atomic E-state index is 0.262. The van der Waals surface area contributed by atoms with Crippen molar-refractivity contribution in [1.82, 2.24) is 0 Å². The monoisotopic (exact) mass is 220 g/mol. The Labute approximate surface area is 99.3 Å². The second-order valence-corrected chi connectivity index (χ2v) is 6.33. The smallest absolute Gasteiger partial charge is 0.136 e. The second-order valence-electron chi connectivity index (χ2n) is 6.33. The Hall–Kier alpha value is -0.590. The van der Waals surface area contributed by atoms with Crippen molar-refractivity contribution in [3.8, 4) is 0 Å². The third kappa shape index (κ3) is 1.85. The first kappa shape index (κ1) is 11.9. The highest BCUT2D eigenvalue weighted by molar-refractivity contribution is 5.81. The van der Waals surface area contributed by atoms with Gasteiger partial charge in [0.2, 0.25) is 0 Å². The average molecular weight is 220 g/mol. The van der Waals surface area contributed by atoms with E-state index in [9.17, 15) is 4.79 Å². The van der Waals surface area contributed by atoms with Gasteiger partial charge in [0, 0.05) is 12.3 Å². The number of Topliss-reactive ketones (excluding diaryl/α,β-unsaturated/α-hetero) is 1. The van der Waals surface area contributed by atoms with Crippen molar-refractivity contribution in [3.63, 3.8) is 0 Å². The third-order valence-electron chi connectivity index (χ3n) is 5.01. The third-order valence-corrected chi connectivity index (χ3v) is 5.01. The summed E-state index contributed by atoms with van der Waals surface area (Å²) in [6.45, 7) is 9.09. The summed E-state index contributed by atoms with van der Waals surface area (Å²) in [7, 11) is 0. The lowest BCUT2D eigenvalue weighted by molar-refractivity contribution is -0.125. The van der Waals surface area contributed by atoms with E-state index < -0.39 is 0 Å². The number of hydrogen-bond donors (Lipinski definition) is 0. The lowest BCUT2D eigenvalue weighted by Gasteiger charge is -2.44. The Morgan fingerprint density at radius 2 is 1.88 bits per heavy atom. The van der Waals surface area contributed by atoms with Gasteiger partial charge in [-0.25, -0.2) is 0 Å². The highest BCUT2D eigenvalue weighted by Gasteiger charge is 2.40. The van der Waals surface area contributed by atoms with Gasteiger partial charge in [-0.1, -0.05) is 31.9 Å². The minimum Gasteiger partial charge on any atom is -0.299 e. The van der Waals surface area contributed by atoms with Gasteiger partial charge in [0.05, 0.1) is 0 Å². The van der Waals surface area contributed by atoms with Crippen molar-refractivity contribution >= 4 is 5.78 Å². The van der Waals surface area contributed by atoms with E-state index in [4.69, 9.17) is 0 Å². The summed E-state index contributed by atoms with van der Waals surface area (Å²) < 4.78 is 0. The van der Waals surface area contributed by atoms with Gasteiger partial charge in [-0.05, 0) is 43.9 Å². The first-order valence-electron chi connectivity index (χ1n) is 6.64. The Balaban J connectivity index is 2.36. The van der Waals surface area contributed by atoms with Gasteiger partial charge in [0.1, 0.15) is 5.78 Å². The maximum Gasteiger partial charge on any atom is 0.136 e. The summed E-state index contributed by atoms with van der Waals surface area (Å²) in [5.41, 5.74) is 3.52. The molecular formula is C15H24O. The molecule has 2 rings (SSSR count). The fraction of sp³-hybridized carbons (Fsp3) is 0.800. The van der Waals surface area contributed by atoms with E-state index in [1.807, 2.05) is 0 Å². The molecule has 0 spiro atoms. The lowest BCUT2D eigenvalue weighted by Crippen LogP contribution is -2.35. The van der Waals surface area contributed by atoms with Crippen LogP contribution in [0.2, 0.25) is 0 Å². The van der Waals surface area contributed by atoms with E-state index in [1.54, 1.807) is 11.1 Å². The zero-order valence-electron chi connectivity index (χ0n) is 11.1. The molecule has 1 nitrogen and oxygen atoms in total. The van der Waals surface area contributed by atoms with Gasteiger partial charge < -0.3 is 0 Å². The van der Waals surface area contributed by atoms with Crippen LogP contribution in [0.15, 0.2) is 11.1 Å². The van der Waals surface area contributed by atoms with Crippen molar-refractivity contribution in [1.29, 1.82) is 0 Å². The molecule has 1 fully saturated rings. The molecule has 90 valence electrons. The lowest BCUT2D eigenvalue weighted by atomic mass is 9.61. The Kier molecular flexibility index (Phi) is 2.98. The van der Waals surface area contributed by atoms with Crippen LogP contribution in [-0.4, -0.2) is 5.78 Å². The molecule has 0 aromatic carbocycles. The van der Waals surface area contributed by atoms with Gasteiger partial charge >= 0.3 is 0 Å². The SMILES string of the molecule is CC1=C2CC[C@H](C)C(=O)C[C@H](CC1)C2(C)C. The standard InChI is InChI=1S/C15H24O/c1-10-5-7-12-9-14(16)11(2)6-8-13(10)15(12,3)4/h11-12H,5-9H2,1-4H3/t11-,12-/m0/s1. The van der Waals surface area contributed by atoms with E-state index >= 15 is 0 Å². The number of carbonyl (C=O) groups is 1. The number of carbonyl (C=O) groups excluding carboxylic acids is 1. The van der Waals surface area contributed by atoms with Crippen LogP contribution in [0.1, 0.15) is 59.8 Å². The highest BCUT2D eigenvalue weighted by Crippen LogP contribution is 2.49. The quantitative estimate of drug-likeness (QED) is 0.561. The highest BCUT2D eigenvalue weighted by atomic mass is 16.1. The Morgan fingerprint density at radius 3 is 2.56 bits per heavy atom. The first-order chi connectivity index (χ1) is 7.43. The summed E-state index contributed by atoms with van der Waals surface area (Å²) in [6.07, 6.45) is 5.43. The summed E-state index contributed by atoms with van der Waals surface area (Å²) >= 11 is 0. The zero-order valence-corrected chi connectivity index (χ0v) is 11.1. The van der Waals surface area contributed by atoms with Crippen LogP contribution >= 0.6 is 0 Å². The average Bonchev–Trinajstić information content (AvgIpc) is 2.20. The molecule has 2 aliphatic rings. The number of hydrogen-bond acceptors (Lipinski definition) is 1. The Bertz CT molecular complexity index is 335. The van der Waals surface area contributed by atoms with Gasteiger partial charge in [0.15, 0.2) is 0 Å². The van der Waals surface area contributed by atoms with E-state index in [2.05, 4.69) is 27.7 Å². The van der Waals surface area contributed by atoms with Crippen LogP contribution in [0, 0.1) is 17.3 Å². The molecule has 16 heavy (non-hydrogen) atoms. The van der Waals surface area contributed by atoms with Gasteiger partial charge in [-0.2, -0.15) is 0 Å². The van der Waals surface area contributed by atoms with Crippen LogP contribution in [0.5, 0.6) is 0 Å². The largest absolute Gasteiger partial charge is 0.299 e. The summed E-state index contributed by atoms with van der Waals surface area (Å²) in [6, 6.07) is 0. The molecule has 0 radical (unpaired) electrons. The molecule has 0 unspecified atom stereocenters. The van der Waals surface area contributed by atoms with Crippen LogP contribution in [0.3, 0.4) is 0 Å². The minimum atomic E-state index is 0.262. The van der Waals surface area contributed by atoms with E-state index in [-0.39, 0.29) is 11.3 Å². The van der Waals surface area contributed by atoms with E-state index in [0.717, 1.165) is 19.3 Å². The first-order valence-corrected chi connectivity index (χ1v) is 6.64. The maximum absolute atomic E-state index is 12.0. The summed E-state index contributed by atoms with van der Waals surface area (Å²) in [4.78, 5) is 12.0. The molecule has 1 heteroatoms. The molecule has 0 saturated heterocycles. The van der Waals surface area contributed by atoms with Gasteiger partial charge in [0.25, 0.3) is 0 Å². The molecule has 0 N–H and O–H groups in total. The number of rotatable bonds is 0. The number of ketones is 1. The van der Waals surface area contributed by atoms with Gasteiger partial charge in [-0.15, -0.1) is 0 Å². The van der Waals surface area contributed by atoms with E-state index in [0.29, 0.717) is 11.7 Å². The van der Waals surface area contributed by atoms with Crippen LogP contribution in [0.4, 0.5) is 0 Å². The number of fused-ring (bicyclic) bond motifs is 2. The van der Waals surface area contributed by atoms with E-state index in [1.165, 1.54) is 12.8 Å². The molecule has 0 amide bonds. The molecule has 0 aromatic heterocycles. The second kappa shape index (κ2) is 4.01. The molecule has 0 aliphatic heterocycles. The molecular weight excluding hydrogens is 196 g/mol. The normalized spacial score (nSPS) is 34.6. The molecule has 2 atom stereocenters. The predicted molar refractivity (Wildman–Crippen MR) is 67.2 cm³/mol. The van der Waals surface area contributed by atoms with Crippen LogP contribution < -0.4 is 0 Å². The molecule has 2 aliphatic carbocycles. The summed E-state index contributed by atoms with van der Waals surface area (Å²) in [5.74, 6) is 1.36. The summed E-state index contributed by atoms with van der Waals surface area (Å²) in [5, 5.41) is 0. The number of allylic oxidation sites excluding steroid dienone is 2. The molecule has 1 saturated carbocycles. The molecule has 0 aromatic rings. The Morgan fingerprint density at radius 1 is 1.19 bits per heavy atom. The fourth-order valence-electron chi connectivity index (χ4n) is 3.56. The van der Waals surface area contributed by atoms with Crippen LogP contribution in [-0.2, 0) is 4.79 Å². The molecule has 2 bridgehead atoms. The predicted octanol–water partition coefficient (Wildman–Crippen LogP) is 4.13. The van der Waals surface area contributed by atoms with Crippen molar-refractivity contribution in [2.24, 2.45) is 17.3 Å². The topological polar surface area (TPSA) is 17.1 Å². The zero-order chi connectivity index (χ0) is 11.9.